The summed E-state index contributed by atoms with van der Waals surface area (Å²) < 4.78 is 36.3. The summed E-state index contributed by atoms with van der Waals surface area (Å²) in [6, 6.07) is 13.8. The molecule has 5 aromatic rings. The Kier molecular flexibility index (Phi) is 17.5. The highest BCUT2D eigenvalue weighted by atomic mass is 32.1. The summed E-state index contributed by atoms with van der Waals surface area (Å²) in [5.41, 5.74) is 12.9. The molecular weight excluding hydrogens is 969 g/mol. The van der Waals surface area contributed by atoms with Crippen LogP contribution >= 0.6 is 11.3 Å². The number of aryl methyl sites for hydroxylation is 1. The van der Waals surface area contributed by atoms with E-state index < -0.39 is 53.0 Å². The second-order valence-electron chi connectivity index (χ2n) is 20.2. The second kappa shape index (κ2) is 24.2. The first-order valence-corrected chi connectivity index (χ1v) is 26.0. The number of aromatic nitrogens is 3. The average molecular weight is 1030 g/mol. The van der Waals surface area contributed by atoms with Gasteiger partial charge in [0, 0.05) is 94.3 Å². The number of amides is 4. The molecule has 74 heavy (non-hydrogen) atoms. The highest BCUT2D eigenvalue weighted by molar-refractivity contribution is 7.13. The van der Waals surface area contributed by atoms with E-state index in [4.69, 9.17) is 20.4 Å². The molecule has 20 heteroatoms. The minimum Gasteiger partial charge on any atom is -0.404 e. The van der Waals surface area contributed by atoms with Gasteiger partial charge in [-0.1, -0.05) is 57.2 Å². The number of carbonyl (C=O) groups excluding carboxylic acids is 4. The highest BCUT2D eigenvalue weighted by Gasteiger charge is 2.44. The van der Waals surface area contributed by atoms with Crippen molar-refractivity contribution in [2.24, 2.45) is 16.1 Å². The molecule has 2 aromatic heterocycles. The zero-order valence-corrected chi connectivity index (χ0v) is 43.1. The molecule has 8 rings (SSSR count). The van der Waals surface area contributed by atoms with E-state index in [9.17, 15) is 24.3 Å². The molecule has 3 atom stereocenters. The molecule has 3 aliphatic heterocycles. The van der Waals surface area contributed by atoms with Gasteiger partial charge in [-0.2, -0.15) is 0 Å². The fourth-order valence-electron chi connectivity index (χ4n) is 9.49. The van der Waals surface area contributed by atoms with Crippen LogP contribution in [-0.2, 0) is 37.0 Å². The number of nitrogens with two attached hydrogens (primary N) is 1. The predicted octanol–water partition coefficient (Wildman–Crippen LogP) is 4.99. The molecule has 0 spiro atoms. The first-order chi connectivity index (χ1) is 35.5. The number of halogens is 2. The number of rotatable bonds is 17. The van der Waals surface area contributed by atoms with Crippen LogP contribution in [0.5, 0.6) is 0 Å². The molecule has 0 unspecified atom stereocenters. The molecule has 3 aliphatic rings. The first kappa shape index (κ1) is 53.7. The summed E-state index contributed by atoms with van der Waals surface area (Å²) in [5.74, 6) is -2.81. The fraction of sp³-hybridized carbons (Fsp3) is 0.444. The normalized spacial score (nSPS) is 18.7. The molecule has 0 saturated carbocycles. The number of aliphatic hydroxyl groups is 1. The standard InChI is InChI=1S/C54H65F2N11O6S/c1-33-50(74-32-62-33)35-10-8-34(9-11-35)26-61-52(71)46-24-39(68)29-67(46)53(72)51(54(2,3)4)64-47(69)12-15-58-48(70)31-65-16-13-38(14-17-65)59-27-37(25-57)45-28-60-44-7-5-6-40(49(44)63-45)36-22-42(55)41(43(56)23-36)30-66-18-20-73-21-19-66/h5-11,22-23,25,27-28,32,38-39,46,51,68H,12-21,24,26,29-31,57H2,1-4H3,(H,58,70)(H,61,71)(H,64,69)/b37-25+,59-27?/t39-,46+,51-/m1/s1. The Balaban J connectivity index is 0.784. The van der Waals surface area contributed by atoms with Crippen LogP contribution in [0.2, 0.25) is 0 Å². The third-order valence-corrected chi connectivity index (χ3v) is 14.7. The van der Waals surface area contributed by atoms with Crippen LogP contribution in [0.25, 0.3) is 38.2 Å². The van der Waals surface area contributed by atoms with Gasteiger partial charge in [-0.05, 0) is 60.1 Å². The van der Waals surface area contributed by atoms with E-state index in [1.807, 2.05) is 61.8 Å². The number of β-amino-alcohol motifs (C(OH)–C–C–N with tert-alkyl or cyclic N) is 1. The van der Waals surface area contributed by atoms with Crippen LogP contribution < -0.4 is 21.7 Å². The molecule has 17 nitrogen and oxygen atoms in total. The lowest BCUT2D eigenvalue weighted by molar-refractivity contribution is -0.144. The van der Waals surface area contributed by atoms with Crippen LogP contribution in [0, 0.1) is 24.0 Å². The number of allylic oxidation sites excluding steroid dienone is 1. The lowest BCUT2D eigenvalue weighted by Gasteiger charge is -2.35. The van der Waals surface area contributed by atoms with E-state index >= 15 is 8.78 Å². The number of likely N-dealkylation sites (tertiary alicyclic amines) is 2. The zero-order chi connectivity index (χ0) is 52.5. The van der Waals surface area contributed by atoms with Gasteiger partial charge in [0.2, 0.25) is 23.6 Å². The number of nitrogens with zero attached hydrogens (tertiary/aromatic N) is 7. The lowest BCUT2D eigenvalue weighted by Crippen LogP contribution is -2.58. The lowest BCUT2D eigenvalue weighted by atomic mass is 9.85. The number of piperidine rings is 1. The number of aliphatic hydroxyl groups excluding tert-OH is 1. The largest absolute Gasteiger partial charge is 0.404 e. The molecule has 3 saturated heterocycles. The quantitative estimate of drug-likeness (QED) is 0.0779. The van der Waals surface area contributed by atoms with Gasteiger partial charge < -0.3 is 36.4 Å². The smallest absolute Gasteiger partial charge is 0.246 e. The number of hydrogen-bond donors (Lipinski definition) is 5. The average Bonchev–Trinajstić information content (AvgIpc) is 4.01. The van der Waals surface area contributed by atoms with Crippen molar-refractivity contribution < 1.29 is 37.8 Å². The maximum Gasteiger partial charge on any atom is 0.246 e. The minimum absolute atomic E-state index is 0.0128. The van der Waals surface area contributed by atoms with Gasteiger partial charge in [-0.3, -0.25) is 39.0 Å². The van der Waals surface area contributed by atoms with Crippen LogP contribution in [0.1, 0.15) is 69.0 Å². The molecule has 4 amide bonds. The fourth-order valence-corrected chi connectivity index (χ4v) is 10.3. The SMILES string of the molecule is Cc1ncsc1-c1ccc(CNC(=O)[C@@H]2C[C@@H](O)CN2C(=O)[C@@H](NC(=O)CCNC(=O)CN2CCC(N=C/C(=C\N)c3cnc4cccc(-c5cc(F)c(CN6CCOCC6)c(F)c5)c4n3)CC2)C(C)(C)C)cc1. The zero-order valence-electron chi connectivity index (χ0n) is 42.3. The molecule has 0 radical (unpaired) electrons. The first-order valence-electron chi connectivity index (χ1n) is 25.1. The second-order valence-corrected chi connectivity index (χ2v) is 21.0. The molecule has 392 valence electrons. The van der Waals surface area contributed by atoms with Crippen molar-refractivity contribution in [3.8, 4) is 21.6 Å². The van der Waals surface area contributed by atoms with E-state index in [-0.39, 0.29) is 63.1 Å². The molecule has 6 N–H and O–H groups in total. The van der Waals surface area contributed by atoms with Gasteiger partial charge in [-0.15, -0.1) is 11.3 Å². The Hall–Kier alpha value is -6.58. The number of ether oxygens (including phenoxy) is 1. The van der Waals surface area contributed by atoms with Crippen molar-refractivity contribution in [1.29, 1.82) is 0 Å². The molecule has 0 bridgehead atoms. The van der Waals surface area contributed by atoms with Gasteiger partial charge in [0.05, 0.1) is 70.9 Å². The topological polar surface area (TPSA) is 221 Å². The predicted molar refractivity (Wildman–Crippen MR) is 280 cm³/mol. The van der Waals surface area contributed by atoms with Crippen molar-refractivity contribution in [2.75, 3.05) is 59.0 Å². The summed E-state index contributed by atoms with van der Waals surface area (Å²) in [7, 11) is 0. The number of thiazole rings is 1. The monoisotopic (exact) mass is 1030 g/mol. The van der Waals surface area contributed by atoms with Crippen LogP contribution in [0.4, 0.5) is 8.78 Å². The Morgan fingerprint density at radius 1 is 0.959 bits per heavy atom. The number of hydrogen-bond acceptors (Lipinski definition) is 14. The third kappa shape index (κ3) is 13.4. The molecule has 0 aliphatic carbocycles. The maximum atomic E-state index is 15.4. The van der Waals surface area contributed by atoms with E-state index in [1.165, 1.54) is 23.2 Å². The van der Waals surface area contributed by atoms with Gasteiger partial charge >= 0.3 is 0 Å². The Bertz CT molecular complexity index is 2850. The van der Waals surface area contributed by atoms with E-state index in [0.717, 1.165) is 21.7 Å². The number of aliphatic imine (C=N–C) groups is 1. The summed E-state index contributed by atoms with van der Waals surface area (Å²) in [6.45, 7) is 11.4. The van der Waals surface area contributed by atoms with E-state index in [2.05, 4.69) is 25.9 Å². The van der Waals surface area contributed by atoms with E-state index in [0.29, 0.717) is 85.7 Å². The summed E-state index contributed by atoms with van der Waals surface area (Å²) in [5, 5.41) is 19.2. The van der Waals surface area contributed by atoms with Gasteiger partial charge in [0.15, 0.2) is 0 Å². The number of carbonyl (C=O) groups is 4. The number of benzene rings is 3. The minimum atomic E-state index is -0.998. The Morgan fingerprint density at radius 2 is 1.69 bits per heavy atom. The van der Waals surface area contributed by atoms with Gasteiger partial charge in [-0.25, -0.2) is 18.7 Å². The Labute approximate surface area is 433 Å². The number of para-hydroxylation sites is 1. The van der Waals surface area contributed by atoms with Crippen molar-refractivity contribution >= 4 is 57.8 Å². The highest BCUT2D eigenvalue weighted by Crippen LogP contribution is 2.32. The summed E-state index contributed by atoms with van der Waals surface area (Å²) in [6.07, 6.45) is 5.09. The van der Waals surface area contributed by atoms with Gasteiger partial charge in [0.25, 0.3) is 0 Å². The van der Waals surface area contributed by atoms with Gasteiger partial charge in [0.1, 0.15) is 23.7 Å². The van der Waals surface area contributed by atoms with Crippen molar-refractivity contribution in [1.82, 2.24) is 45.6 Å². The molecular formula is C54H65F2N11O6S. The number of fused-ring (bicyclic) bond motifs is 1. The van der Waals surface area contributed by atoms with Crippen molar-refractivity contribution in [3.63, 3.8) is 0 Å². The third-order valence-electron chi connectivity index (χ3n) is 13.7. The van der Waals surface area contributed by atoms with E-state index in [1.54, 1.807) is 47.5 Å². The maximum absolute atomic E-state index is 15.4. The number of nitrogens with one attached hydrogen (secondary N) is 3. The molecule has 3 fully saturated rings. The van der Waals surface area contributed by atoms with Crippen LogP contribution in [0.15, 0.2) is 77.5 Å². The molecule has 5 heterocycles. The van der Waals surface area contributed by atoms with Crippen LogP contribution in [-0.4, -0.2) is 148 Å². The van der Waals surface area contributed by atoms with Crippen LogP contribution in [0.3, 0.4) is 0 Å². The summed E-state index contributed by atoms with van der Waals surface area (Å²) >= 11 is 1.56. The Morgan fingerprint density at radius 3 is 2.36 bits per heavy atom. The van der Waals surface area contributed by atoms with Crippen molar-refractivity contribution in [3.05, 3.63) is 107 Å². The number of morpholine rings is 1. The molecule has 3 aromatic carbocycles. The summed E-state index contributed by atoms with van der Waals surface area (Å²) in [4.78, 5) is 78.8. The van der Waals surface area contributed by atoms with Crippen molar-refractivity contribution in [2.45, 2.75) is 90.7 Å².